The van der Waals surface area contributed by atoms with Crippen molar-refractivity contribution in [1.29, 1.82) is 0 Å². The van der Waals surface area contributed by atoms with Crippen LogP contribution in [0.1, 0.15) is 42.6 Å². The van der Waals surface area contributed by atoms with Crippen LogP contribution < -0.4 is 0 Å². The standard InChI is InChI=1S/C19H22N2/c1-2-14-12-13-6-5-10-20-11-9-16-15-7-3-4-8-17(15)21(14)19(16)18(13)20/h2-4,7-8,13-14,18H,1,5-6,9-12H2/t13-,14?,18+/m0/s1. The zero-order valence-electron chi connectivity index (χ0n) is 12.5. The second-order valence-corrected chi connectivity index (χ2v) is 6.92. The molecule has 21 heavy (non-hydrogen) atoms. The number of allylic oxidation sites excluding steroid dienone is 1. The van der Waals surface area contributed by atoms with E-state index in [1.165, 1.54) is 49.7 Å². The van der Waals surface area contributed by atoms with Gasteiger partial charge in [0, 0.05) is 23.1 Å². The molecule has 0 aliphatic carbocycles. The molecule has 3 atom stereocenters. The first kappa shape index (κ1) is 12.0. The maximum Gasteiger partial charge on any atom is 0.0533 e. The van der Waals surface area contributed by atoms with Gasteiger partial charge in [-0.05, 0) is 49.8 Å². The number of piperidine rings is 1. The van der Waals surface area contributed by atoms with Gasteiger partial charge in [-0.3, -0.25) is 4.90 Å². The van der Waals surface area contributed by atoms with Crippen LogP contribution in [-0.4, -0.2) is 22.6 Å². The zero-order chi connectivity index (χ0) is 14.0. The Hall–Kier alpha value is -1.54. The predicted molar refractivity (Wildman–Crippen MR) is 86.5 cm³/mol. The van der Waals surface area contributed by atoms with Crippen LogP contribution in [0, 0.1) is 5.92 Å². The summed E-state index contributed by atoms with van der Waals surface area (Å²) in [5, 5.41) is 1.49. The molecule has 4 heterocycles. The van der Waals surface area contributed by atoms with Crippen molar-refractivity contribution in [2.45, 2.75) is 37.8 Å². The molecule has 5 rings (SSSR count). The van der Waals surface area contributed by atoms with E-state index >= 15 is 0 Å². The number of fused-ring (bicyclic) bond motifs is 3. The summed E-state index contributed by atoms with van der Waals surface area (Å²) in [6.45, 7) is 6.68. The first-order valence-corrected chi connectivity index (χ1v) is 8.37. The summed E-state index contributed by atoms with van der Waals surface area (Å²) in [6.07, 6.45) is 7.44. The Balaban J connectivity index is 1.85. The number of nitrogens with zero attached hydrogens (tertiary/aromatic N) is 2. The van der Waals surface area contributed by atoms with E-state index in [4.69, 9.17) is 0 Å². The molecule has 2 nitrogen and oxygen atoms in total. The lowest BCUT2D eigenvalue weighted by Crippen LogP contribution is -2.46. The summed E-state index contributed by atoms with van der Waals surface area (Å²) in [5.74, 6) is 0.831. The SMILES string of the molecule is C=CC1C[C@@H]2CCCN3CCc4c(n1c1ccccc41)[C@@H]23. The molecule has 1 unspecified atom stereocenters. The molecule has 108 valence electrons. The van der Waals surface area contributed by atoms with Crippen LogP contribution in [0.15, 0.2) is 36.9 Å². The van der Waals surface area contributed by atoms with Crippen molar-refractivity contribution in [3.05, 3.63) is 48.2 Å². The minimum absolute atomic E-state index is 0.484. The smallest absolute Gasteiger partial charge is 0.0533 e. The van der Waals surface area contributed by atoms with Crippen LogP contribution in [0.3, 0.4) is 0 Å². The molecule has 0 spiro atoms. The van der Waals surface area contributed by atoms with Crippen LogP contribution >= 0.6 is 0 Å². The highest BCUT2D eigenvalue weighted by molar-refractivity contribution is 5.86. The first-order chi connectivity index (χ1) is 10.4. The van der Waals surface area contributed by atoms with Gasteiger partial charge in [0.1, 0.15) is 0 Å². The van der Waals surface area contributed by atoms with Crippen LogP contribution in [0.2, 0.25) is 0 Å². The van der Waals surface area contributed by atoms with E-state index in [9.17, 15) is 0 Å². The van der Waals surface area contributed by atoms with Crippen LogP contribution in [0.4, 0.5) is 0 Å². The molecule has 2 aromatic rings. The van der Waals surface area contributed by atoms with Crippen molar-refractivity contribution in [3.8, 4) is 0 Å². The van der Waals surface area contributed by atoms with Gasteiger partial charge in [0.05, 0.1) is 12.1 Å². The van der Waals surface area contributed by atoms with Crippen LogP contribution in [0.25, 0.3) is 10.9 Å². The van der Waals surface area contributed by atoms with Crippen molar-refractivity contribution in [3.63, 3.8) is 0 Å². The summed E-state index contributed by atoms with van der Waals surface area (Å²) < 4.78 is 2.62. The third-order valence-corrected chi connectivity index (χ3v) is 5.99. The average Bonchev–Trinajstić information content (AvgIpc) is 2.88. The maximum absolute atomic E-state index is 4.14. The Kier molecular flexibility index (Phi) is 2.43. The van der Waals surface area contributed by atoms with Gasteiger partial charge in [0.2, 0.25) is 0 Å². The van der Waals surface area contributed by atoms with Crippen molar-refractivity contribution >= 4 is 10.9 Å². The molecular formula is C19H22N2. The maximum atomic E-state index is 4.14. The van der Waals surface area contributed by atoms with E-state index in [0.717, 1.165) is 5.92 Å². The Morgan fingerprint density at radius 1 is 1.19 bits per heavy atom. The van der Waals surface area contributed by atoms with Gasteiger partial charge in [-0.1, -0.05) is 24.3 Å². The quantitative estimate of drug-likeness (QED) is 0.714. The van der Waals surface area contributed by atoms with Gasteiger partial charge in [-0.2, -0.15) is 0 Å². The fraction of sp³-hybridized carbons (Fsp3) is 0.474. The number of hydrogen-bond donors (Lipinski definition) is 0. The third-order valence-electron chi connectivity index (χ3n) is 5.99. The van der Waals surface area contributed by atoms with E-state index in [1.807, 2.05) is 0 Å². The second-order valence-electron chi connectivity index (χ2n) is 6.92. The predicted octanol–water partition coefficient (Wildman–Crippen LogP) is 4.08. The van der Waals surface area contributed by atoms with E-state index in [2.05, 4.69) is 46.4 Å². The van der Waals surface area contributed by atoms with Crippen molar-refractivity contribution in [2.75, 3.05) is 13.1 Å². The van der Waals surface area contributed by atoms with E-state index in [-0.39, 0.29) is 0 Å². The Morgan fingerprint density at radius 3 is 3.00 bits per heavy atom. The fourth-order valence-corrected chi connectivity index (χ4v) is 5.21. The summed E-state index contributed by atoms with van der Waals surface area (Å²) in [7, 11) is 0. The van der Waals surface area contributed by atoms with Crippen LogP contribution in [-0.2, 0) is 6.42 Å². The summed E-state index contributed by atoms with van der Waals surface area (Å²) in [5.41, 5.74) is 4.69. The lowest BCUT2D eigenvalue weighted by atomic mass is 9.77. The second kappa shape index (κ2) is 4.23. The topological polar surface area (TPSA) is 8.17 Å². The molecule has 0 N–H and O–H groups in total. The van der Waals surface area contributed by atoms with Crippen molar-refractivity contribution in [2.24, 2.45) is 5.92 Å². The highest BCUT2D eigenvalue weighted by Gasteiger charge is 2.44. The van der Waals surface area contributed by atoms with E-state index in [0.29, 0.717) is 12.1 Å². The van der Waals surface area contributed by atoms with E-state index < -0.39 is 0 Å². The van der Waals surface area contributed by atoms with Gasteiger partial charge < -0.3 is 4.57 Å². The fourth-order valence-electron chi connectivity index (χ4n) is 5.21. The lowest BCUT2D eigenvalue weighted by molar-refractivity contribution is 0.0524. The zero-order valence-corrected chi connectivity index (χ0v) is 12.5. The Bertz CT molecular complexity index is 726. The first-order valence-electron chi connectivity index (χ1n) is 8.37. The molecule has 1 aromatic heterocycles. The largest absolute Gasteiger partial charge is 0.336 e. The highest BCUT2D eigenvalue weighted by atomic mass is 15.2. The molecule has 1 saturated heterocycles. The minimum atomic E-state index is 0.484. The number of aromatic nitrogens is 1. The molecule has 3 aliphatic heterocycles. The summed E-state index contributed by atoms with van der Waals surface area (Å²) >= 11 is 0. The number of benzene rings is 1. The normalized spacial score (nSPS) is 31.1. The van der Waals surface area contributed by atoms with Gasteiger partial charge in [0.25, 0.3) is 0 Å². The number of rotatable bonds is 1. The Morgan fingerprint density at radius 2 is 2.10 bits per heavy atom. The minimum Gasteiger partial charge on any atom is -0.336 e. The third kappa shape index (κ3) is 1.46. The molecule has 3 aliphatic rings. The average molecular weight is 278 g/mol. The van der Waals surface area contributed by atoms with Gasteiger partial charge >= 0.3 is 0 Å². The molecule has 1 fully saturated rings. The summed E-state index contributed by atoms with van der Waals surface area (Å²) in [6, 6.07) is 10.2. The van der Waals surface area contributed by atoms with Gasteiger partial charge in [0.15, 0.2) is 0 Å². The summed E-state index contributed by atoms with van der Waals surface area (Å²) in [4.78, 5) is 2.76. The molecule has 0 amide bonds. The van der Waals surface area contributed by atoms with E-state index in [1.54, 1.807) is 11.3 Å². The number of para-hydroxylation sites is 1. The van der Waals surface area contributed by atoms with Gasteiger partial charge in [-0.15, -0.1) is 6.58 Å². The lowest BCUT2D eigenvalue weighted by Gasteiger charge is -2.49. The van der Waals surface area contributed by atoms with Crippen molar-refractivity contribution < 1.29 is 0 Å². The van der Waals surface area contributed by atoms with Crippen LogP contribution in [0.5, 0.6) is 0 Å². The van der Waals surface area contributed by atoms with Crippen molar-refractivity contribution in [1.82, 2.24) is 9.47 Å². The molecule has 2 heteroatoms. The molecule has 0 radical (unpaired) electrons. The molecular weight excluding hydrogens is 256 g/mol. The Labute approximate surface area is 126 Å². The highest BCUT2D eigenvalue weighted by Crippen LogP contribution is 2.51. The molecule has 0 bridgehead atoms. The molecule has 1 aromatic carbocycles. The van der Waals surface area contributed by atoms with Gasteiger partial charge in [-0.25, -0.2) is 0 Å². The molecule has 0 saturated carbocycles. The number of hydrogen-bond acceptors (Lipinski definition) is 1. The monoisotopic (exact) mass is 278 g/mol.